The molecule has 396 valence electrons. The second kappa shape index (κ2) is 20.1. The highest BCUT2D eigenvalue weighted by atomic mass is 15.2. The summed E-state index contributed by atoms with van der Waals surface area (Å²) >= 11 is 0. The molecule has 8 aromatic rings. The molecule has 4 heteroatoms. The summed E-state index contributed by atoms with van der Waals surface area (Å²) in [5, 5.41) is 5.25. The fourth-order valence-corrected chi connectivity index (χ4v) is 14.7. The van der Waals surface area contributed by atoms with E-state index in [1.165, 1.54) is 112 Å². The first-order valence-corrected chi connectivity index (χ1v) is 29.1. The van der Waals surface area contributed by atoms with Crippen molar-refractivity contribution in [1.82, 2.24) is 0 Å². The Morgan fingerprint density at radius 2 is 0.785 bits per heavy atom. The van der Waals surface area contributed by atoms with Gasteiger partial charge >= 0.3 is 0 Å². The normalized spacial score (nSPS) is 21.0. The van der Waals surface area contributed by atoms with Crippen molar-refractivity contribution in [1.29, 1.82) is 0 Å². The molecule has 0 aliphatic carbocycles. The van der Waals surface area contributed by atoms with Crippen LogP contribution in [0.3, 0.4) is 0 Å². The van der Waals surface area contributed by atoms with Crippen LogP contribution in [0.4, 0.5) is 22.7 Å². The minimum Gasteiger partial charge on any atom is -0.344 e. The minimum absolute atomic E-state index is 0.0832. The third-order valence-corrected chi connectivity index (χ3v) is 18.6. The van der Waals surface area contributed by atoms with E-state index in [0.717, 1.165) is 45.2 Å². The Morgan fingerprint density at radius 1 is 0.418 bits per heavy atom. The zero-order valence-electron chi connectivity index (χ0n) is 48.4. The van der Waals surface area contributed by atoms with Gasteiger partial charge in [-0.2, -0.15) is 9.15 Å². The number of hydrogen-bond donors (Lipinski definition) is 0. The van der Waals surface area contributed by atoms with Crippen LogP contribution in [0.1, 0.15) is 113 Å². The average Bonchev–Trinajstić information content (AvgIpc) is 4.01. The minimum atomic E-state index is -0.258. The monoisotopic (exact) mass is 1030 g/mol. The van der Waals surface area contributed by atoms with Crippen LogP contribution in [0.2, 0.25) is 0 Å². The van der Waals surface area contributed by atoms with Gasteiger partial charge in [-0.1, -0.05) is 187 Å². The molecule has 0 saturated carbocycles. The molecule has 0 aromatic heterocycles. The van der Waals surface area contributed by atoms with Crippen LogP contribution in [-0.4, -0.2) is 47.8 Å². The maximum atomic E-state index is 2.54. The molecule has 4 aliphatic heterocycles. The molecule has 0 radical (unpaired) electrons. The summed E-state index contributed by atoms with van der Waals surface area (Å²) in [5.74, 6) is 0. The van der Waals surface area contributed by atoms with Crippen LogP contribution < -0.4 is 9.80 Å². The van der Waals surface area contributed by atoms with Gasteiger partial charge in [0, 0.05) is 82.1 Å². The fraction of sp³-hybridized carbons (Fsp3) is 0.280. The molecule has 2 unspecified atom stereocenters. The van der Waals surface area contributed by atoms with Gasteiger partial charge in [-0.25, -0.2) is 0 Å². The van der Waals surface area contributed by atoms with Crippen LogP contribution >= 0.6 is 0 Å². The first kappa shape index (κ1) is 51.9. The Labute approximate surface area is 470 Å². The summed E-state index contributed by atoms with van der Waals surface area (Å²) in [6.07, 6.45) is 19.1. The van der Waals surface area contributed by atoms with Gasteiger partial charge in [0.05, 0.1) is 10.8 Å². The van der Waals surface area contributed by atoms with Crippen molar-refractivity contribution in [3.8, 4) is 0 Å². The van der Waals surface area contributed by atoms with Crippen molar-refractivity contribution in [2.24, 2.45) is 0 Å². The standard InChI is InChI=1S/C75H78N4/c1-11-47-78-62-29-19-17-27-60(62)72(3,4)66(78)31-21-33-68-74(7,70-58-25-15-13-23-56(58)43-45-64(70)76(68)9)50-54-39-35-52(36-40-54)49-53-37-41-55(42-38-53)51-75(8)69(77(10)65-46-44-57-24-14-16-26-59(57)71(65)75)34-22-32-67-73(5,6)61-28-18-20-30-63(61)79(67)48-12-2/h13-46H,11-12,47-51H2,1-10H3/q+2. The number of anilines is 2. The predicted molar refractivity (Wildman–Crippen MR) is 336 cm³/mol. The fourth-order valence-electron chi connectivity index (χ4n) is 14.7. The second-order valence-corrected chi connectivity index (χ2v) is 24.5. The van der Waals surface area contributed by atoms with Crippen LogP contribution in [-0.2, 0) is 40.9 Å². The zero-order valence-corrected chi connectivity index (χ0v) is 48.4. The molecular weight excluding hydrogens is 957 g/mol. The smallest absolute Gasteiger partial charge is 0.210 e. The molecule has 0 spiro atoms. The third kappa shape index (κ3) is 8.65. The molecule has 2 atom stereocenters. The SMILES string of the molecule is CCCN1/C(=C/C=C/C2=[N+](C)c3ccc4ccccc4c3C2(C)Cc2ccc(Cc3ccc(CC4(C)C(/C=C/C=C5/N(CCC)c6ccccc6C5(C)C)=[N+](C)c5ccc6ccccc6c54)cc3)cc2)C(C)(C)c2ccccc21. The van der Waals surface area contributed by atoms with Gasteiger partial charge in [-0.05, 0) is 137 Å². The van der Waals surface area contributed by atoms with E-state index < -0.39 is 0 Å². The lowest BCUT2D eigenvalue weighted by Crippen LogP contribution is -2.33. The topological polar surface area (TPSA) is 12.5 Å². The summed E-state index contributed by atoms with van der Waals surface area (Å²) in [6.45, 7) is 21.0. The maximum Gasteiger partial charge on any atom is 0.210 e. The Hall–Kier alpha value is -7.82. The number of rotatable bonds is 14. The number of benzene rings is 8. The Kier molecular flexibility index (Phi) is 13.2. The van der Waals surface area contributed by atoms with E-state index in [0.29, 0.717) is 0 Å². The van der Waals surface area contributed by atoms with Gasteiger partial charge in [0.2, 0.25) is 11.4 Å². The lowest BCUT2D eigenvalue weighted by Gasteiger charge is -2.27. The van der Waals surface area contributed by atoms with E-state index in [4.69, 9.17) is 0 Å². The third-order valence-electron chi connectivity index (χ3n) is 18.6. The van der Waals surface area contributed by atoms with E-state index in [9.17, 15) is 0 Å². The number of para-hydroxylation sites is 2. The van der Waals surface area contributed by atoms with Crippen LogP contribution in [0.25, 0.3) is 21.5 Å². The van der Waals surface area contributed by atoms with Crippen molar-refractivity contribution >= 4 is 55.7 Å². The number of nitrogens with zero attached hydrogens (tertiary/aromatic N) is 4. The van der Waals surface area contributed by atoms with E-state index >= 15 is 0 Å². The lowest BCUT2D eigenvalue weighted by molar-refractivity contribution is -0.401. The molecule has 0 bridgehead atoms. The second-order valence-electron chi connectivity index (χ2n) is 24.5. The Bertz CT molecular complexity index is 3640. The van der Waals surface area contributed by atoms with Gasteiger partial charge < -0.3 is 9.80 Å². The van der Waals surface area contributed by atoms with Crippen molar-refractivity contribution in [2.45, 2.75) is 109 Å². The van der Waals surface area contributed by atoms with Crippen molar-refractivity contribution < 1.29 is 9.15 Å². The number of hydrogen-bond acceptors (Lipinski definition) is 2. The molecule has 0 amide bonds. The Morgan fingerprint density at radius 3 is 1.19 bits per heavy atom. The van der Waals surface area contributed by atoms with Crippen LogP contribution in [0.15, 0.2) is 218 Å². The van der Waals surface area contributed by atoms with Crippen molar-refractivity contribution in [3.05, 3.63) is 262 Å². The summed E-state index contributed by atoms with van der Waals surface area (Å²) < 4.78 is 4.90. The van der Waals surface area contributed by atoms with E-state index in [1.54, 1.807) is 0 Å². The molecule has 4 aliphatic rings. The average molecular weight is 1040 g/mol. The van der Waals surface area contributed by atoms with Crippen molar-refractivity contribution in [3.63, 3.8) is 0 Å². The van der Waals surface area contributed by atoms with Gasteiger partial charge in [0.15, 0.2) is 11.4 Å². The predicted octanol–water partition coefficient (Wildman–Crippen LogP) is 17.3. The van der Waals surface area contributed by atoms with Crippen LogP contribution in [0, 0.1) is 0 Å². The van der Waals surface area contributed by atoms with Gasteiger partial charge in [-0.15, -0.1) is 0 Å². The van der Waals surface area contributed by atoms with E-state index in [1.807, 2.05) is 0 Å². The zero-order chi connectivity index (χ0) is 54.8. The van der Waals surface area contributed by atoms with Gasteiger partial charge in [-0.3, -0.25) is 0 Å². The molecule has 4 heterocycles. The first-order chi connectivity index (χ1) is 38.2. The van der Waals surface area contributed by atoms with E-state index in [2.05, 4.69) is 295 Å². The Balaban J connectivity index is 0.808. The largest absolute Gasteiger partial charge is 0.344 e. The molecule has 12 rings (SSSR count). The number of allylic oxidation sites excluding steroid dienone is 8. The molecular formula is C75H78N4+2. The first-order valence-electron chi connectivity index (χ1n) is 29.1. The summed E-state index contributed by atoms with van der Waals surface area (Å²) in [5.41, 5.74) is 20.9. The number of fused-ring (bicyclic) bond motifs is 8. The molecule has 79 heavy (non-hydrogen) atoms. The van der Waals surface area contributed by atoms with E-state index in [-0.39, 0.29) is 21.7 Å². The summed E-state index contributed by atoms with van der Waals surface area (Å²) in [7, 11) is 4.52. The quantitative estimate of drug-likeness (QED) is 0.101. The lowest BCUT2D eigenvalue weighted by atomic mass is 9.72. The molecule has 0 saturated heterocycles. The van der Waals surface area contributed by atoms with Gasteiger partial charge in [0.1, 0.15) is 14.1 Å². The highest BCUT2D eigenvalue weighted by Gasteiger charge is 2.50. The summed E-state index contributed by atoms with van der Waals surface area (Å²) in [6, 6.07) is 64.1. The molecule has 0 fully saturated rings. The summed E-state index contributed by atoms with van der Waals surface area (Å²) in [4.78, 5) is 5.08. The highest BCUT2D eigenvalue weighted by Crippen LogP contribution is 2.51. The molecule has 8 aromatic carbocycles. The highest BCUT2D eigenvalue weighted by molar-refractivity contribution is 6.09. The van der Waals surface area contributed by atoms with Gasteiger partial charge in [0.25, 0.3) is 0 Å². The molecule has 4 nitrogen and oxygen atoms in total. The van der Waals surface area contributed by atoms with Crippen LogP contribution in [0.5, 0.6) is 0 Å². The van der Waals surface area contributed by atoms with Crippen molar-refractivity contribution in [2.75, 3.05) is 37.0 Å². The maximum absolute atomic E-state index is 2.54. The molecule has 0 N–H and O–H groups in total.